The third-order valence-corrected chi connectivity index (χ3v) is 2.55. The molecule has 2 heterocycles. The van der Waals surface area contributed by atoms with Crippen LogP contribution in [-0.2, 0) is 0 Å². The summed E-state index contributed by atoms with van der Waals surface area (Å²) in [7, 11) is 0. The molecule has 0 aliphatic heterocycles. The highest BCUT2D eigenvalue weighted by molar-refractivity contribution is 5.26. The van der Waals surface area contributed by atoms with Crippen molar-refractivity contribution in [3.8, 4) is 0 Å². The van der Waals surface area contributed by atoms with Crippen LogP contribution in [0, 0.1) is 6.92 Å². The average Bonchev–Trinajstić information content (AvgIpc) is 2.37. The second-order valence-corrected chi connectivity index (χ2v) is 3.92. The molecule has 0 spiro atoms. The fourth-order valence-corrected chi connectivity index (χ4v) is 1.77. The summed E-state index contributed by atoms with van der Waals surface area (Å²) >= 11 is 0. The van der Waals surface area contributed by atoms with E-state index >= 15 is 0 Å². The average molecular weight is 228 g/mol. The Labute approximate surface area is 101 Å². The minimum Gasteiger partial charge on any atom is -0.305 e. The van der Waals surface area contributed by atoms with Gasteiger partial charge in [0.15, 0.2) is 0 Å². The van der Waals surface area contributed by atoms with Crippen LogP contribution < -0.4 is 5.32 Å². The quantitative estimate of drug-likeness (QED) is 0.868. The van der Waals surface area contributed by atoms with Crippen molar-refractivity contribution in [3.63, 3.8) is 0 Å². The van der Waals surface area contributed by atoms with E-state index in [1.165, 1.54) is 11.9 Å². The fourth-order valence-electron chi connectivity index (χ4n) is 1.77. The highest BCUT2D eigenvalue weighted by Crippen LogP contribution is 2.19. The lowest BCUT2D eigenvalue weighted by Gasteiger charge is -2.17. The predicted octanol–water partition coefficient (Wildman–Crippen LogP) is 1.88. The SMILES string of the molecule is CCNC(c1cncnc1)c1cc(C)ccn1. The molecule has 2 aromatic rings. The Kier molecular flexibility index (Phi) is 3.77. The number of rotatable bonds is 4. The smallest absolute Gasteiger partial charge is 0.115 e. The lowest BCUT2D eigenvalue weighted by Crippen LogP contribution is -2.23. The third-order valence-electron chi connectivity index (χ3n) is 2.55. The zero-order valence-corrected chi connectivity index (χ0v) is 10.1. The maximum Gasteiger partial charge on any atom is 0.115 e. The van der Waals surface area contributed by atoms with Crippen molar-refractivity contribution >= 4 is 0 Å². The Balaban J connectivity index is 2.35. The number of aromatic nitrogens is 3. The normalized spacial score (nSPS) is 12.4. The predicted molar refractivity (Wildman–Crippen MR) is 66.5 cm³/mol. The molecule has 0 saturated heterocycles. The van der Waals surface area contributed by atoms with E-state index in [4.69, 9.17) is 0 Å². The minimum atomic E-state index is 0.0566. The Morgan fingerprint density at radius 1 is 1.29 bits per heavy atom. The van der Waals surface area contributed by atoms with E-state index in [2.05, 4.69) is 40.2 Å². The van der Waals surface area contributed by atoms with E-state index in [1.54, 1.807) is 0 Å². The summed E-state index contributed by atoms with van der Waals surface area (Å²) in [4.78, 5) is 12.5. The minimum absolute atomic E-state index is 0.0566. The number of hydrogen-bond donors (Lipinski definition) is 1. The molecule has 0 radical (unpaired) electrons. The highest BCUT2D eigenvalue weighted by Gasteiger charge is 2.14. The van der Waals surface area contributed by atoms with Crippen molar-refractivity contribution in [2.24, 2.45) is 0 Å². The van der Waals surface area contributed by atoms with Gasteiger partial charge in [-0.1, -0.05) is 6.92 Å². The van der Waals surface area contributed by atoms with E-state index in [-0.39, 0.29) is 6.04 Å². The molecule has 4 nitrogen and oxygen atoms in total. The molecule has 1 N–H and O–H groups in total. The van der Waals surface area contributed by atoms with Gasteiger partial charge in [-0.3, -0.25) is 4.98 Å². The summed E-state index contributed by atoms with van der Waals surface area (Å²) in [6, 6.07) is 4.13. The highest BCUT2D eigenvalue weighted by atomic mass is 14.9. The van der Waals surface area contributed by atoms with Crippen LogP contribution in [0.5, 0.6) is 0 Å². The molecule has 2 aromatic heterocycles. The van der Waals surface area contributed by atoms with Crippen LogP contribution in [0.25, 0.3) is 0 Å². The van der Waals surface area contributed by atoms with Crippen LogP contribution in [0.4, 0.5) is 0 Å². The van der Waals surface area contributed by atoms with E-state index in [0.717, 1.165) is 17.8 Å². The molecule has 1 unspecified atom stereocenters. The summed E-state index contributed by atoms with van der Waals surface area (Å²) in [6.07, 6.45) is 7.02. The van der Waals surface area contributed by atoms with Gasteiger partial charge in [0.1, 0.15) is 6.33 Å². The lowest BCUT2D eigenvalue weighted by molar-refractivity contribution is 0.610. The molecule has 0 saturated carbocycles. The first-order chi connectivity index (χ1) is 8.31. The summed E-state index contributed by atoms with van der Waals surface area (Å²) in [5.74, 6) is 0. The second kappa shape index (κ2) is 5.50. The van der Waals surface area contributed by atoms with Gasteiger partial charge in [-0.25, -0.2) is 9.97 Å². The summed E-state index contributed by atoms with van der Waals surface area (Å²) in [5.41, 5.74) is 3.24. The molecule has 88 valence electrons. The summed E-state index contributed by atoms with van der Waals surface area (Å²) < 4.78 is 0. The molecule has 0 aliphatic carbocycles. The van der Waals surface area contributed by atoms with Crippen LogP contribution in [0.15, 0.2) is 37.1 Å². The molecule has 1 atom stereocenters. The number of nitrogens with zero attached hydrogens (tertiary/aromatic N) is 3. The van der Waals surface area contributed by atoms with Gasteiger partial charge >= 0.3 is 0 Å². The molecule has 0 aromatic carbocycles. The standard InChI is InChI=1S/C13H16N4/c1-3-16-13(11-7-14-9-15-8-11)12-6-10(2)4-5-17-12/h4-9,13,16H,3H2,1-2H3. The van der Waals surface area contributed by atoms with Crippen molar-refractivity contribution in [3.05, 3.63) is 53.9 Å². The monoisotopic (exact) mass is 228 g/mol. The first-order valence-electron chi connectivity index (χ1n) is 5.72. The van der Waals surface area contributed by atoms with Crippen molar-refractivity contribution in [1.82, 2.24) is 20.3 Å². The number of pyridine rings is 1. The van der Waals surface area contributed by atoms with Gasteiger partial charge in [-0.05, 0) is 31.2 Å². The van der Waals surface area contributed by atoms with Crippen LogP contribution in [0.3, 0.4) is 0 Å². The van der Waals surface area contributed by atoms with Gasteiger partial charge in [0, 0.05) is 24.2 Å². The molecule has 0 aliphatic rings. The van der Waals surface area contributed by atoms with Crippen LogP contribution in [0.2, 0.25) is 0 Å². The Morgan fingerprint density at radius 2 is 2.06 bits per heavy atom. The molecule has 4 heteroatoms. The van der Waals surface area contributed by atoms with Gasteiger partial charge in [-0.2, -0.15) is 0 Å². The van der Waals surface area contributed by atoms with E-state index < -0.39 is 0 Å². The van der Waals surface area contributed by atoms with Crippen molar-refractivity contribution in [2.75, 3.05) is 6.54 Å². The zero-order valence-electron chi connectivity index (χ0n) is 10.1. The number of hydrogen-bond acceptors (Lipinski definition) is 4. The Hall–Kier alpha value is -1.81. The molecule has 17 heavy (non-hydrogen) atoms. The topological polar surface area (TPSA) is 50.7 Å². The van der Waals surface area contributed by atoms with E-state index in [9.17, 15) is 0 Å². The lowest BCUT2D eigenvalue weighted by atomic mass is 10.1. The van der Waals surface area contributed by atoms with Crippen LogP contribution in [-0.4, -0.2) is 21.5 Å². The number of aryl methyl sites for hydroxylation is 1. The van der Waals surface area contributed by atoms with Gasteiger partial charge in [-0.15, -0.1) is 0 Å². The Morgan fingerprint density at radius 3 is 2.71 bits per heavy atom. The van der Waals surface area contributed by atoms with Crippen molar-refractivity contribution < 1.29 is 0 Å². The molecular formula is C13H16N4. The fraction of sp³-hybridized carbons (Fsp3) is 0.308. The summed E-state index contributed by atoms with van der Waals surface area (Å²) in [5, 5.41) is 3.40. The van der Waals surface area contributed by atoms with Crippen molar-refractivity contribution in [1.29, 1.82) is 0 Å². The molecule has 0 fully saturated rings. The maximum atomic E-state index is 4.42. The first-order valence-corrected chi connectivity index (χ1v) is 5.72. The molecular weight excluding hydrogens is 212 g/mol. The van der Waals surface area contributed by atoms with Gasteiger partial charge < -0.3 is 5.32 Å². The van der Waals surface area contributed by atoms with Crippen molar-refractivity contribution in [2.45, 2.75) is 19.9 Å². The van der Waals surface area contributed by atoms with Crippen LogP contribution >= 0.6 is 0 Å². The van der Waals surface area contributed by atoms with Gasteiger partial charge in [0.2, 0.25) is 0 Å². The van der Waals surface area contributed by atoms with Gasteiger partial charge in [0.25, 0.3) is 0 Å². The third kappa shape index (κ3) is 2.85. The second-order valence-electron chi connectivity index (χ2n) is 3.92. The van der Waals surface area contributed by atoms with E-state index in [0.29, 0.717) is 0 Å². The molecule has 0 bridgehead atoms. The largest absolute Gasteiger partial charge is 0.305 e. The molecule has 2 rings (SSSR count). The molecule has 0 amide bonds. The summed E-state index contributed by atoms with van der Waals surface area (Å²) in [6.45, 7) is 5.01. The first kappa shape index (κ1) is 11.7. The van der Waals surface area contributed by atoms with E-state index in [1.807, 2.05) is 24.7 Å². The van der Waals surface area contributed by atoms with Crippen LogP contribution in [0.1, 0.15) is 29.8 Å². The van der Waals surface area contributed by atoms with Gasteiger partial charge in [0.05, 0.1) is 11.7 Å². The maximum absolute atomic E-state index is 4.42. The zero-order chi connectivity index (χ0) is 12.1. The number of nitrogens with one attached hydrogen (secondary N) is 1. The Bertz CT molecular complexity index is 470.